The predicted molar refractivity (Wildman–Crippen MR) is 103 cm³/mol. The van der Waals surface area contributed by atoms with Crippen molar-refractivity contribution in [3.8, 4) is 0 Å². The van der Waals surface area contributed by atoms with Gasteiger partial charge in [-0.25, -0.2) is 0 Å². The first-order valence-electron chi connectivity index (χ1n) is 9.81. The Morgan fingerprint density at radius 2 is 1.69 bits per heavy atom. The lowest BCUT2D eigenvalue weighted by atomic mass is 9.98. The van der Waals surface area contributed by atoms with Crippen LogP contribution in [0.4, 0.5) is 0 Å². The molecule has 26 heavy (non-hydrogen) atoms. The van der Waals surface area contributed by atoms with E-state index in [1.807, 2.05) is 18.5 Å². The van der Waals surface area contributed by atoms with E-state index in [-0.39, 0.29) is 12.0 Å². The zero-order valence-corrected chi connectivity index (χ0v) is 15.2. The average Bonchev–Trinajstić information content (AvgIpc) is 3.39. The quantitative estimate of drug-likeness (QED) is 0.898. The third kappa shape index (κ3) is 3.80. The molecule has 0 spiro atoms. The summed E-state index contributed by atoms with van der Waals surface area (Å²) in [5.41, 5.74) is 2.46. The van der Waals surface area contributed by atoms with E-state index >= 15 is 0 Å². The molecule has 1 aliphatic heterocycles. The fraction of sp³-hybridized carbons (Fsp3) is 0.455. The topological polar surface area (TPSA) is 45.2 Å². The summed E-state index contributed by atoms with van der Waals surface area (Å²) in [6.07, 6.45) is 9.30. The largest absolute Gasteiger partial charge is 0.341 e. The van der Waals surface area contributed by atoms with E-state index in [4.69, 9.17) is 0 Å². The molecular weight excluding hydrogens is 322 g/mol. The number of nitrogens with zero attached hydrogens (tertiary/aromatic N) is 2. The SMILES string of the molecule is O=C(C1CCCC1)N1CC[C@H](N[C@H](c2ccccc2)c2ccncc2)C1. The molecule has 1 saturated heterocycles. The molecule has 1 amide bonds. The number of aromatic nitrogens is 1. The number of hydrogen-bond donors (Lipinski definition) is 1. The minimum Gasteiger partial charge on any atom is -0.341 e. The number of rotatable bonds is 5. The second-order valence-electron chi connectivity index (χ2n) is 7.54. The van der Waals surface area contributed by atoms with E-state index in [1.54, 1.807) is 0 Å². The van der Waals surface area contributed by atoms with Gasteiger partial charge in [-0.1, -0.05) is 43.2 Å². The molecule has 1 aromatic heterocycles. The number of pyridine rings is 1. The number of nitrogens with one attached hydrogen (secondary N) is 1. The Balaban J connectivity index is 1.46. The van der Waals surface area contributed by atoms with E-state index < -0.39 is 0 Å². The molecule has 1 N–H and O–H groups in total. The van der Waals surface area contributed by atoms with Gasteiger partial charge in [0.25, 0.3) is 0 Å². The van der Waals surface area contributed by atoms with Gasteiger partial charge in [-0.3, -0.25) is 9.78 Å². The van der Waals surface area contributed by atoms with Crippen molar-refractivity contribution in [3.05, 3.63) is 66.0 Å². The molecule has 0 unspecified atom stereocenters. The number of likely N-dealkylation sites (tertiary alicyclic amines) is 1. The van der Waals surface area contributed by atoms with Crippen LogP contribution < -0.4 is 5.32 Å². The van der Waals surface area contributed by atoms with Crippen molar-refractivity contribution in [2.24, 2.45) is 5.92 Å². The first-order valence-corrected chi connectivity index (χ1v) is 9.81. The van der Waals surface area contributed by atoms with Crippen LogP contribution in [0.15, 0.2) is 54.9 Å². The summed E-state index contributed by atoms with van der Waals surface area (Å²) in [4.78, 5) is 18.9. The molecule has 1 aromatic carbocycles. The molecule has 2 aromatic rings. The smallest absolute Gasteiger partial charge is 0.225 e. The van der Waals surface area contributed by atoms with Crippen LogP contribution in [0.3, 0.4) is 0 Å². The average molecular weight is 349 g/mol. The van der Waals surface area contributed by atoms with Gasteiger partial charge < -0.3 is 10.2 Å². The first-order chi connectivity index (χ1) is 12.8. The maximum atomic E-state index is 12.7. The number of carbonyl (C=O) groups excluding carboxylic acids is 1. The molecule has 0 radical (unpaired) electrons. The van der Waals surface area contributed by atoms with Crippen molar-refractivity contribution in [2.75, 3.05) is 13.1 Å². The zero-order valence-electron chi connectivity index (χ0n) is 15.2. The van der Waals surface area contributed by atoms with E-state index in [9.17, 15) is 4.79 Å². The van der Waals surface area contributed by atoms with Gasteiger partial charge in [0.1, 0.15) is 0 Å². The Kier molecular flexibility index (Phi) is 5.30. The molecule has 4 rings (SSSR count). The van der Waals surface area contributed by atoms with Crippen molar-refractivity contribution < 1.29 is 4.79 Å². The van der Waals surface area contributed by atoms with Crippen molar-refractivity contribution >= 4 is 5.91 Å². The van der Waals surface area contributed by atoms with E-state index in [0.717, 1.165) is 32.4 Å². The first kappa shape index (κ1) is 17.2. The van der Waals surface area contributed by atoms with Gasteiger partial charge in [0.15, 0.2) is 0 Å². The van der Waals surface area contributed by atoms with Crippen LogP contribution in [0.5, 0.6) is 0 Å². The fourth-order valence-electron chi connectivity index (χ4n) is 4.35. The second kappa shape index (κ2) is 8.00. The van der Waals surface area contributed by atoms with Crippen LogP contribution >= 0.6 is 0 Å². The molecule has 2 heterocycles. The Morgan fingerprint density at radius 1 is 1.00 bits per heavy atom. The monoisotopic (exact) mass is 349 g/mol. The number of benzene rings is 1. The van der Waals surface area contributed by atoms with Crippen LogP contribution in [-0.2, 0) is 4.79 Å². The molecule has 4 nitrogen and oxygen atoms in total. The minimum absolute atomic E-state index is 0.130. The van der Waals surface area contributed by atoms with Crippen LogP contribution in [0, 0.1) is 5.92 Å². The van der Waals surface area contributed by atoms with Crippen molar-refractivity contribution in [1.82, 2.24) is 15.2 Å². The highest BCUT2D eigenvalue weighted by atomic mass is 16.2. The van der Waals surface area contributed by atoms with Crippen molar-refractivity contribution in [1.29, 1.82) is 0 Å². The molecule has 4 heteroatoms. The Hall–Kier alpha value is -2.20. The molecule has 2 aliphatic rings. The van der Waals surface area contributed by atoms with Gasteiger partial charge in [0.2, 0.25) is 5.91 Å². The highest BCUT2D eigenvalue weighted by molar-refractivity contribution is 5.79. The predicted octanol–water partition coefficient (Wildman–Crippen LogP) is 3.55. The summed E-state index contributed by atoms with van der Waals surface area (Å²) in [7, 11) is 0. The summed E-state index contributed by atoms with van der Waals surface area (Å²) in [6, 6.07) is 15.1. The van der Waals surface area contributed by atoms with Crippen LogP contribution in [0.25, 0.3) is 0 Å². The number of amides is 1. The zero-order chi connectivity index (χ0) is 17.8. The van der Waals surface area contributed by atoms with Gasteiger partial charge in [-0.2, -0.15) is 0 Å². The third-order valence-electron chi connectivity index (χ3n) is 5.78. The lowest BCUT2D eigenvalue weighted by Crippen LogP contribution is -2.39. The standard InChI is InChI=1S/C22H27N3O/c26-22(19-8-4-5-9-19)25-15-12-20(16-25)24-21(17-6-2-1-3-7-17)18-10-13-23-14-11-18/h1-3,6-7,10-11,13-14,19-21,24H,4-5,8-9,12,15-16H2/t20-,21+/m0/s1. The van der Waals surface area contributed by atoms with Crippen LogP contribution in [0.1, 0.15) is 49.3 Å². The maximum Gasteiger partial charge on any atom is 0.225 e. The van der Waals surface area contributed by atoms with Crippen molar-refractivity contribution in [3.63, 3.8) is 0 Å². The molecular formula is C22H27N3O. The summed E-state index contributed by atoms with van der Waals surface area (Å²) < 4.78 is 0. The van der Waals surface area contributed by atoms with E-state index in [2.05, 4.69) is 51.6 Å². The number of hydrogen-bond acceptors (Lipinski definition) is 3. The Bertz CT molecular complexity index is 673. The highest BCUT2D eigenvalue weighted by Crippen LogP contribution is 2.29. The van der Waals surface area contributed by atoms with Gasteiger partial charge >= 0.3 is 0 Å². The summed E-state index contributed by atoms with van der Waals surface area (Å²) in [5.74, 6) is 0.658. The van der Waals surface area contributed by atoms with Crippen LogP contribution in [0.2, 0.25) is 0 Å². The fourth-order valence-corrected chi connectivity index (χ4v) is 4.35. The Labute approximate surface area is 155 Å². The lowest BCUT2D eigenvalue weighted by Gasteiger charge is -2.25. The van der Waals surface area contributed by atoms with Gasteiger partial charge in [0, 0.05) is 37.4 Å². The lowest BCUT2D eigenvalue weighted by molar-refractivity contribution is -0.134. The van der Waals surface area contributed by atoms with E-state index in [1.165, 1.54) is 24.0 Å². The van der Waals surface area contributed by atoms with Gasteiger partial charge in [-0.15, -0.1) is 0 Å². The van der Waals surface area contributed by atoms with Gasteiger partial charge in [0.05, 0.1) is 6.04 Å². The molecule has 1 saturated carbocycles. The highest BCUT2D eigenvalue weighted by Gasteiger charge is 2.33. The molecule has 2 fully saturated rings. The summed E-state index contributed by atoms with van der Waals surface area (Å²) >= 11 is 0. The molecule has 0 bridgehead atoms. The summed E-state index contributed by atoms with van der Waals surface area (Å²) in [6.45, 7) is 1.70. The third-order valence-corrected chi connectivity index (χ3v) is 5.78. The van der Waals surface area contributed by atoms with E-state index in [0.29, 0.717) is 11.9 Å². The molecule has 1 aliphatic carbocycles. The number of carbonyl (C=O) groups is 1. The summed E-state index contributed by atoms with van der Waals surface area (Å²) in [5, 5.41) is 3.80. The van der Waals surface area contributed by atoms with Crippen LogP contribution in [-0.4, -0.2) is 34.9 Å². The second-order valence-corrected chi connectivity index (χ2v) is 7.54. The Morgan fingerprint density at radius 3 is 2.42 bits per heavy atom. The molecule has 2 atom stereocenters. The van der Waals surface area contributed by atoms with Crippen molar-refractivity contribution in [2.45, 2.75) is 44.2 Å². The minimum atomic E-state index is 0.130. The molecule has 136 valence electrons. The van der Waals surface area contributed by atoms with Gasteiger partial charge in [-0.05, 0) is 42.5 Å². The maximum absolute atomic E-state index is 12.7. The normalized spacial score (nSPS) is 21.8.